The number of amides is 8. The lowest BCUT2D eigenvalue weighted by atomic mass is 10.0. The average Bonchev–Trinajstić information content (AvgIpc) is 4.39. The topological polar surface area (TPSA) is 279 Å². The molecular weight excluding hydrogens is 1090 g/mol. The van der Waals surface area contributed by atoms with Crippen molar-refractivity contribution in [2.75, 3.05) is 13.1 Å². The molecule has 414 valence electrons. The van der Waals surface area contributed by atoms with Gasteiger partial charge in [-0.15, -0.1) is 22.7 Å². The number of nitrogens with zero attached hydrogens (tertiary/aromatic N) is 4. The molecule has 25 heteroatoms. The Morgan fingerprint density at radius 3 is 2.48 bits per heavy atom. The number of fused-ring (bicyclic) bond motifs is 3. The summed E-state index contributed by atoms with van der Waals surface area (Å²) in [6.07, 6.45) is 4.83. The van der Waals surface area contributed by atoms with Gasteiger partial charge in [-0.05, 0) is 92.3 Å². The molecule has 3 fully saturated rings. The quantitative estimate of drug-likeness (QED) is 0.0272. The van der Waals surface area contributed by atoms with E-state index in [2.05, 4.69) is 32.8 Å². The maximum absolute atomic E-state index is 14.9. The van der Waals surface area contributed by atoms with Crippen molar-refractivity contribution in [1.82, 2.24) is 35.6 Å². The van der Waals surface area contributed by atoms with Crippen molar-refractivity contribution in [2.24, 2.45) is 5.73 Å². The number of benzene rings is 3. The van der Waals surface area contributed by atoms with E-state index >= 15 is 0 Å². The number of nitrogens with one attached hydrogen (secondary N) is 3. The summed E-state index contributed by atoms with van der Waals surface area (Å²) in [7, 11) is -5.91. The highest BCUT2D eigenvalue weighted by Crippen LogP contribution is 2.59. The number of thiophene rings is 1. The molecule has 0 radical (unpaired) electrons. The molecule has 3 saturated heterocycles. The molecule has 7 N–H and O–H groups in total. The number of hydrogen-bond acceptors (Lipinski definition) is 12. The molecule has 0 bridgehead atoms. The Bertz CT molecular complexity index is 3390. The van der Waals surface area contributed by atoms with E-state index < -0.39 is 84.4 Å². The van der Waals surface area contributed by atoms with Crippen LogP contribution >= 0.6 is 30.3 Å². The van der Waals surface area contributed by atoms with Gasteiger partial charge in [0.1, 0.15) is 29.0 Å². The van der Waals surface area contributed by atoms with Crippen molar-refractivity contribution >= 4 is 87.6 Å². The summed E-state index contributed by atoms with van der Waals surface area (Å²) in [6, 6.07) is 10.8. The number of nitrogens with two attached hydrogens (primary N) is 1. The third-order valence-corrected chi connectivity index (χ3v) is 17.8. The second-order valence-electron chi connectivity index (χ2n) is 19.8. The first-order valence-electron chi connectivity index (χ1n) is 25.6. The molecule has 4 aliphatic rings. The first-order chi connectivity index (χ1) is 37.7. The lowest BCUT2D eigenvalue weighted by Gasteiger charge is -2.39. The number of halogens is 3. The molecule has 4 aliphatic heterocycles. The Hall–Kier alpha value is -7.29. The van der Waals surface area contributed by atoms with E-state index in [1.807, 2.05) is 0 Å². The van der Waals surface area contributed by atoms with Gasteiger partial charge in [0.15, 0.2) is 0 Å². The summed E-state index contributed by atoms with van der Waals surface area (Å²) in [5, 5.41) is 8.42. The molecule has 3 aromatic carbocycles. The number of thiazole rings is 1. The van der Waals surface area contributed by atoms with Crippen LogP contribution in [-0.2, 0) is 45.5 Å². The standard InChI is InChI=1S/C54H54F3N8O11PS2/c55-37-13-7-6-11-35(37)44-27-59-51(79-44)38(17-21-45(58)66)60-49(70)41-18-16-33-23-24-63(29-39(53(73)65(33)41)61-50(71)43-26-31-25-32(15-20-42(31)78-43)54(56,57)77(74,75)76)47(68)14-5-3-1-2-4-9-30-10-8-12-34-36(30)28-64(52(34)72)40-19-22-46(67)62-48(40)69/h6-8,10-13,15,20,25-27,33,38-41H,1-3,5,14,16-19,21-24,28-29H2,(H2,58,66)(H,60,70)(H,61,71)(H,62,67,69)(H2,74,75,76)/t33-,38?,39+,40?,41+/m1/s1. The van der Waals surface area contributed by atoms with Crippen LogP contribution in [0.5, 0.6) is 0 Å². The van der Waals surface area contributed by atoms with Crippen molar-refractivity contribution < 1.29 is 65.9 Å². The molecule has 79 heavy (non-hydrogen) atoms. The van der Waals surface area contributed by atoms with E-state index in [-0.39, 0.29) is 91.7 Å². The Labute approximate surface area is 458 Å². The van der Waals surface area contributed by atoms with E-state index in [0.29, 0.717) is 69.8 Å². The van der Waals surface area contributed by atoms with Crippen LogP contribution in [0.4, 0.5) is 13.2 Å². The Morgan fingerprint density at radius 2 is 1.72 bits per heavy atom. The minimum Gasteiger partial charge on any atom is -0.370 e. The van der Waals surface area contributed by atoms with Crippen LogP contribution in [0.1, 0.15) is 125 Å². The van der Waals surface area contributed by atoms with Crippen molar-refractivity contribution in [3.8, 4) is 22.3 Å². The smallest absolute Gasteiger partial charge is 0.370 e. The first kappa shape index (κ1) is 56.4. The van der Waals surface area contributed by atoms with Crippen LogP contribution in [-0.4, -0.2) is 114 Å². The van der Waals surface area contributed by atoms with E-state index in [1.54, 1.807) is 36.4 Å². The molecule has 9 rings (SSSR count). The van der Waals surface area contributed by atoms with Crippen molar-refractivity contribution in [2.45, 2.75) is 119 Å². The third-order valence-electron chi connectivity index (χ3n) is 14.6. The van der Waals surface area contributed by atoms with Gasteiger partial charge in [-0.2, -0.15) is 8.78 Å². The summed E-state index contributed by atoms with van der Waals surface area (Å²) in [5.74, 6) is 1.65. The number of rotatable bonds is 17. The third kappa shape index (κ3) is 12.3. The van der Waals surface area contributed by atoms with Crippen molar-refractivity contribution in [3.05, 3.63) is 111 Å². The molecule has 0 saturated carbocycles. The van der Waals surface area contributed by atoms with Gasteiger partial charge in [-0.25, -0.2) is 9.37 Å². The van der Waals surface area contributed by atoms with Gasteiger partial charge in [0.05, 0.1) is 15.8 Å². The highest BCUT2D eigenvalue weighted by Gasteiger charge is 2.51. The van der Waals surface area contributed by atoms with E-state index in [1.165, 1.54) is 39.1 Å². The van der Waals surface area contributed by atoms with E-state index in [0.717, 1.165) is 34.8 Å². The first-order valence-corrected chi connectivity index (χ1v) is 28.9. The van der Waals surface area contributed by atoms with Crippen LogP contribution in [0, 0.1) is 17.7 Å². The van der Waals surface area contributed by atoms with Gasteiger partial charge in [-0.3, -0.25) is 48.2 Å². The fraction of sp³-hybridized carbons (Fsp3) is 0.389. The van der Waals surface area contributed by atoms with Crippen LogP contribution in [0.3, 0.4) is 0 Å². The molecule has 2 aromatic heterocycles. The van der Waals surface area contributed by atoms with E-state index in [9.17, 15) is 65.9 Å². The van der Waals surface area contributed by atoms with Crippen LogP contribution < -0.4 is 21.7 Å². The lowest BCUT2D eigenvalue weighted by Crippen LogP contribution is -2.61. The summed E-state index contributed by atoms with van der Waals surface area (Å²) in [4.78, 5) is 135. The van der Waals surface area contributed by atoms with Crippen LogP contribution in [0.25, 0.3) is 20.5 Å². The number of hydrogen-bond donors (Lipinski definition) is 6. The summed E-state index contributed by atoms with van der Waals surface area (Å²) in [5.41, 5.74) is 2.13. The fourth-order valence-electron chi connectivity index (χ4n) is 10.4. The zero-order chi connectivity index (χ0) is 56.3. The zero-order valence-electron chi connectivity index (χ0n) is 42.3. The maximum atomic E-state index is 14.9. The number of alkyl halides is 2. The van der Waals surface area contributed by atoms with Gasteiger partial charge in [0.25, 0.3) is 11.8 Å². The second kappa shape index (κ2) is 23.6. The molecule has 0 spiro atoms. The maximum Gasteiger partial charge on any atom is 0.399 e. The fourth-order valence-corrected chi connectivity index (χ4v) is 12.9. The molecule has 0 aliphatic carbocycles. The van der Waals surface area contributed by atoms with Gasteiger partial charge in [0.2, 0.25) is 35.4 Å². The number of piperidine rings is 1. The minimum atomic E-state index is -5.91. The predicted octanol–water partition coefficient (Wildman–Crippen LogP) is 5.97. The number of primary amides is 1. The lowest BCUT2D eigenvalue weighted by molar-refractivity contribution is -0.145. The number of unbranched alkanes of at least 4 members (excludes halogenated alkanes) is 3. The van der Waals surface area contributed by atoms with Crippen LogP contribution in [0.15, 0.2) is 72.9 Å². The molecule has 6 heterocycles. The molecule has 2 unspecified atom stereocenters. The molecule has 5 aromatic rings. The van der Waals surface area contributed by atoms with Crippen molar-refractivity contribution in [1.29, 1.82) is 0 Å². The molecular formula is C54H54F3N8O11PS2. The Kier molecular flexibility index (Phi) is 16.8. The number of carbonyl (C=O) groups is 8. The summed E-state index contributed by atoms with van der Waals surface area (Å²) < 4.78 is 56.1. The van der Waals surface area contributed by atoms with Gasteiger partial charge < -0.3 is 40.9 Å². The van der Waals surface area contributed by atoms with Gasteiger partial charge in [-0.1, -0.05) is 48.6 Å². The Morgan fingerprint density at radius 1 is 0.937 bits per heavy atom. The monoisotopic (exact) mass is 1140 g/mol. The largest absolute Gasteiger partial charge is 0.399 e. The SMILES string of the molecule is NC(=O)CCC(NC(=O)[C@@H]1CC[C@@H]2CCN(C(=O)CCCCCC#Cc3cccc4c3CN(C3CCC(=O)NC3=O)C4=O)C[C@H](NC(=O)c3cc4cc(C(F)(F)P(=O)(O)O)ccc4s3)C(=O)N21)c1ncc(-c2ccccc2F)s1. The predicted molar refractivity (Wildman–Crippen MR) is 283 cm³/mol. The van der Waals surface area contributed by atoms with Crippen molar-refractivity contribution in [3.63, 3.8) is 0 Å². The summed E-state index contributed by atoms with van der Waals surface area (Å²) >= 11 is 1.99. The highest BCUT2D eigenvalue weighted by molar-refractivity contribution is 7.52. The van der Waals surface area contributed by atoms with Gasteiger partial charge in [0, 0.05) is 84.5 Å². The Balaban J connectivity index is 0.883. The van der Waals surface area contributed by atoms with Crippen LogP contribution in [0.2, 0.25) is 0 Å². The molecule has 5 atom stereocenters. The number of imide groups is 1. The van der Waals surface area contributed by atoms with E-state index in [4.69, 9.17) is 5.73 Å². The second-order valence-corrected chi connectivity index (χ2v) is 23.6. The minimum absolute atomic E-state index is 0.0374. The molecule has 8 amide bonds. The number of carbonyl (C=O) groups excluding carboxylic acids is 8. The normalized spacial score (nSPS) is 19.9. The van der Waals surface area contributed by atoms with Gasteiger partial charge >= 0.3 is 13.3 Å². The number of aromatic nitrogens is 1. The summed E-state index contributed by atoms with van der Waals surface area (Å²) in [6.45, 7) is 0.0483. The zero-order valence-corrected chi connectivity index (χ0v) is 44.8. The molecule has 19 nitrogen and oxygen atoms in total. The highest BCUT2D eigenvalue weighted by atomic mass is 32.1. The average molecular weight is 1140 g/mol.